The SMILES string of the molecule is COc1ccc(C(=O)NC(C)(C)C(C)O)cc1[N+](=O)[O-]. The second-order valence-electron chi connectivity index (χ2n) is 5.00. The Balaban J connectivity index is 3.06. The summed E-state index contributed by atoms with van der Waals surface area (Å²) in [5.41, 5.74) is -0.993. The van der Waals surface area contributed by atoms with Crippen molar-refractivity contribution in [3.63, 3.8) is 0 Å². The molecule has 0 bridgehead atoms. The number of hydrogen-bond donors (Lipinski definition) is 2. The molecule has 0 heterocycles. The van der Waals surface area contributed by atoms with Crippen LogP contribution in [0.2, 0.25) is 0 Å². The fraction of sp³-hybridized carbons (Fsp3) is 0.462. The smallest absolute Gasteiger partial charge is 0.311 e. The molecular weight excluding hydrogens is 264 g/mol. The maximum Gasteiger partial charge on any atom is 0.311 e. The first-order chi connectivity index (χ1) is 9.19. The summed E-state index contributed by atoms with van der Waals surface area (Å²) in [7, 11) is 1.32. The topological polar surface area (TPSA) is 102 Å². The van der Waals surface area contributed by atoms with Crippen LogP contribution in [0.25, 0.3) is 0 Å². The molecule has 7 heteroatoms. The van der Waals surface area contributed by atoms with Crippen molar-refractivity contribution in [3.8, 4) is 5.75 Å². The first-order valence-corrected chi connectivity index (χ1v) is 6.02. The van der Waals surface area contributed by atoms with E-state index in [1.54, 1.807) is 20.8 Å². The summed E-state index contributed by atoms with van der Waals surface area (Å²) in [6.45, 7) is 4.87. The zero-order valence-electron chi connectivity index (χ0n) is 11.8. The van der Waals surface area contributed by atoms with Gasteiger partial charge in [-0.1, -0.05) is 0 Å². The molecule has 1 atom stereocenters. The van der Waals surface area contributed by atoms with Crippen LogP contribution in [-0.4, -0.2) is 34.7 Å². The number of nitrogens with one attached hydrogen (secondary N) is 1. The third-order valence-electron chi connectivity index (χ3n) is 3.12. The van der Waals surface area contributed by atoms with Crippen LogP contribution >= 0.6 is 0 Å². The summed E-state index contributed by atoms with van der Waals surface area (Å²) >= 11 is 0. The first-order valence-electron chi connectivity index (χ1n) is 6.02. The molecule has 0 aliphatic carbocycles. The molecule has 1 unspecified atom stereocenters. The molecule has 1 aromatic rings. The number of nitro groups is 1. The lowest BCUT2D eigenvalue weighted by molar-refractivity contribution is -0.385. The lowest BCUT2D eigenvalue weighted by Gasteiger charge is -2.29. The van der Waals surface area contributed by atoms with Gasteiger partial charge in [0.15, 0.2) is 5.75 Å². The molecule has 110 valence electrons. The van der Waals surface area contributed by atoms with Gasteiger partial charge < -0.3 is 15.2 Å². The number of aliphatic hydroxyl groups excluding tert-OH is 1. The Kier molecular flexibility index (Phi) is 4.67. The van der Waals surface area contributed by atoms with Crippen molar-refractivity contribution >= 4 is 11.6 Å². The highest BCUT2D eigenvalue weighted by Crippen LogP contribution is 2.27. The molecule has 0 radical (unpaired) electrons. The lowest BCUT2D eigenvalue weighted by atomic mass is 9.98. The Bertz CT molecular complexity index is 525. The van der Waals surface area contributed by atoms with E-state index in [0.29, 0.717) is 0 Å². The quantitative estimate of drug-likeness (QED) is 0.629. The number of nitrogens with zero attached hydrogens (tertiary/aromatic N) is 1. The average Bonchev–Trinajstić information content (AvgIpc) is 2.37. The number of amides is 1. The van der Waals surface area contributed by atoms with Crippen LogP contribution in [-0.2, 0) is 0 Å². The summed E-state index contributed by atoms with van der Waals surface area (Å²) < 4.78 is 4.87. The van der Waals surface area contributed by atoms with Crippen LogP contribution in [0.4, 0.5) is 5.69 Å². The number of benzene rings is 1. The summed E-state index contributed by atoms with van der Waals surface area (Å²) in [6.07, 6.45) is -0.764. The fourth-order valence-corrected chi connectivity index (χ4v) is 1.44. The molecule has 7 nitrogen and oxygen atoms in total. The summed E-state index contributed by atoms with van der Waals surface area (Å²) in [6, 6.07) is 3.94. The van der Waals surface area contributed by atoms with E-state index in [0.717, 1.165) is 6.07 Å². The maximum atomic E-state index is 12.1. The van der Waals surface area contributed by atoms with Gasteiger partial charge in [0, 0.05) is 11.6 Å². The van der Waals surface area contributed by atoms with Gasteiger partial charge in [-0.15, -0.1) is 0 Å². The van der Waals surface area contributed by atoms with E-state index in [2.05, 4.69) is 5.32 Å². The Morgan fingerprint density at radius 2 is 2.10 bits per heavy atom. The van der Waals surface area contributed by atoms with Gasteiger partial charge in [-0.25, -0.2) is 0 Å². The van der Waals surface area contributed by atoms with Crippen molar-refractivity contribution in [2.24, 2.45) is 0 Å². The normalized spacial score (nSPS) is 12.7. The van der Waals surface area contributed by atoms with Crippen molar-refractivity contribution in [3.05, 3.63) is 33.9 Å². The highest BCUT2D eigenvalue weighted by molar-refractivity contribution is 5.95. The first kappa shape index (κ1) is 15.9. The molecule has 0 saturated heterocycles. The van der Waals surface area contributed by atoms with E-state index < -0.39 is 22.5 Å². The number of rotatable bonds is 5. The zero-order chi connectivity index (χ0) is 15.5. The third-order valence-corrected chi connectivity index (χ3v) is 3.12. The van der Waals surface area contributed by atoms with Crippen molar-refractivity contribution < 1.29 is 19.6 Å². The van der Waals surface area contributed by atoms with E-state index in [9.17, 15) is 20.0 Å². The average molecular weight is 282 g/mol. The van der Waals surface area contributed by atoms with Crippen LogP contribution in [0, 0.1) is 10.1 Å². The molecule has 1 aromatic carbocycles. The summed E-state index contributed by atoms with van der Waals surface area (Å²) in [5, 5.41) is 23.1. The minimum Gasteiger partial charge on any atom is -0.490 e. The number of aliphatic hydroxyl groups is 1. The monoisotopic (exact) mass is 282 g/mol. The van der Waals surface area contributed by atoms with Crippen molar-refractivity contribution in [2.45, 2.75) is 32.4 Å². The Morgan fingerprint density at radius 3 is 2.55 bits per heavy atom. The maximum absolute atomic E-state index is 12.1. The minimum atomic E-state index is -0.841. The number of carbonyl (C=O) groups is 1. The Morgan fingerprint density at radius 1 is 1.50 bits per heavy atom. The number of ether oxygens (including phenoxy) is 1. The molecule has 0 aliphatic rings. The molecule has 1 rings (SSSR count). The number of carbonyl (C=O) groups excluding carboxylic acids is 1. The van der Waals surface area contributed by atoms with Crippen LogP contribution in [0.15, 0.2) is 18.2 Å². The predicted molar refractivity (Wildman–Crippen MR) is 72.9 cm³/mol. The second-order valence-corrected chi connectivity index (χ2v) is 5.00. The van der Waals surface area contributed by atoms with E-state index in [1.165, 1.54) is 19.2 Å². The zero-order valence-corrected chi connectivity index (χ0v) is 11.8. The van der Waals surface area contributed by atoms with Gasteiger partial charge in [0.2, 0.25) is 0 Å². The number of methoxy groups -OCH3 is 1. The standard InChI is InChI=1S/C13H18N2O5/c1-8(16)13(2,3)14-12(17)9-5-6-11(20-4)10(7-9)15(18)19/h5-8,16H,1-4H3,(H,14,17). The van der Waals surface area contributed by atoms with E-state index >= 15 is 0 Å². The Labute approximate surface area is 116 Å². The van der Waals surface area contributed by atoms with Crippen LogP contribution in [0.3, 0.4) is 0 Å². The molecule has 0 saturated carbocycles. The molecule has 0 fully saturated rings. The summed E-state index contributed by atoms with van der Waals surface area (Å²) in [5.74, 6) is -0.414. The van der Waals surface area contributed by atoms with E-state index in [1.807, 2.05) is 0 Å². The van der Waals surface area contributed by atoms with Gasteiger partial charge >= 0.3 is 5.69 Å². The number of hydrogen-bond acceptors (Lipinski definition) is 5. The van der Waals surface area contributed by atoms with E-state index in [4.69, 9.17) is 4.74 Å². The molecule has 0 aromatic heterocycles. The van der Waals surface area contributed by atoms with Crippen LogP contribution in [0.1, 0.15) is 31.1 Å². The second kappa shape index (κ2) is 5.87. The van der Waals surface area contributed by atoms with Crippen LogP contribution in [0.5, 0.6) is 5.75 Å². The lowest BCUT2D eigenvalue weighted by Crippen LogP contribution is -2.50. The highest BCUT2D eigenvalue weighted by atomic mass is 16.6. The van der Waals surface area contributed by atoms with Gasteiger partial charge in [0.25, 0.3) is 5.91 Å². The van der Waals surface area contributed by atoms with E-state index in [-0.39, 0.29) is 17.0 Å². The minimum absolute atomic E-state index is 0.0846. The largest absolute Gasteiger partial charge is 0.490 e. The van der Waals surface area contributed by atoms with Gasteiger partial charge in [0.05, 0.1) is 23.7 Å². The molecule has 0 aliphatic heterocycles. The molecular formula is C13H18N2O5. The summed E-state index contributed by atoms with van der Waals surface area (Å²) in [4.78, 5) is 22.3. The fourth-order valence-electron chi connectivity index (χ4n) is 1.44. The highest BCUT2D eigenvalue weighted by Gasteiger charge is 2.27. The van der Waals surface area contributed by atoms with Gasteiger partial charge in [-0.3, -0.25) is 14.9 Å². The van der Waals surface area contributed by atoms with Crippen molar-refractivity contribution in [1.29, 1.82) is 0 Å². The predicted octanol–water partition coefficient (Wildman–Crippen LogP) is 1.49. The van der Waals surface area contributed by atoms with Crippen molar-refractivity contribution in [2.75, 3.05) is 7.11 Å². The van der Waals surface area contributed by atoms with Gasteiger partial charge in [-0.2, -0.15) is 0 Å². The van der Waals surface area contributed by atoms with Crippen molar-refractivity contribution in [1.82, 2.24) is 5.32 Å². The molecule has 0 spiro atoms. The van der Waals surface area contributed by atoms with Crippen LogP contribution < -0.4 is 10.1 Å². The van der Waals surface area contributed by atoms with Gasteiger partial charge in [-0.05, 0) is 32.9 Å². The molecule has 20 heavy (non-hydrogen) atoms. The Hall–Kier alpha value is -2.15. The number of nitro benzene ring substituents is 1. The molecule has 2 N–H and O–H groups in total. The van der Waals surface area contributed by atoms with Gasteiger partial charge in [0.1, 0.15) is 0 Å². The molecule has 1 amide bonds. The third kappa shape index (κ3) is 3.45.